The minimum atomic E-state index is -0.225. The molecule has 0 aliphatic heterocycles. The Balaban J connectivity index is 1.69. The van der Waals surface area contributed by atoms with Gasteiger partial charge in [-0.3, -0.25) is 9.59 Å². The van der Waals surface area contributed by atoms with E-state index in [0.717, 1.165) is 24.2 Å². The number of fused-ring (bicyclic) bond motifs is 1. The third kappa shape index (κ3) is 3.01. The van der Waals surface area contributed by atoms with Gasteiger partial charge < -0.3 is 13.9 Å². The summed E-state index contributed by atoms with van der Waals surface area (Å²) >= 11 is 0. The second-order valence-corrected chi connectivity index (χ2v) is 6.06. The van der Waals surface area contributed by atoms with Crippen LogP contribution in [0.2, 0.25) is 0 Å². The Hall–Kier alpha value is -3.08. The largest absolute Gasteiger partial charge is 0.497 e. The molecule has 1 saturated carbocycles. The van der Waals surface area contributed by atoms with Crippen LogP contribution in [0.1, 0.15) is 12.8 Å². The van der Waals surface area contributed by atoms with Gasteiger partial charge in [-0.1, -0.05) is 12.1 Å². The van der Waals surface area contributed by atoms with E-state index in [2.05, 4.69) is 0 Å². The Labute approximate surface area is 143 Å². The van der Waals surface area contributed by atoms with Crippen LogP contribution < -0.4 is 14.9 Å². The van der Waals surface area contributed by atoms with E-state index in [-0.39, 0.29) is 17.3 Å². The highest BCUT2D eigenvalue weighted by atomic mass is 16.5. The summed E-state index contributed by atoms with van der Waals surface area (Å²) < 4.78 is 16.1. The zero-order valence-electron chi connectivity index (χ0n) is 13.7. The molecule has 0 N–H and O–H groups in total. The molecule has 2 aromatic carbocycles. The predicted molar refractivity (Wildman–Crippen MR) is 92.8 cm³/mol. The summed E-state index contributed by atoms with van der Waals surface area (Å²) in [4.78, 5) is 24.5. The summed E-state index contributed by atoms with van der Waals surface area (Å²) in [5.41, 5.74) is 1.48. The smallest absolute Gasteiger partial charge is 0.314 e. The van der Waals surface area contributed by atoms with Crippen LogP contribution in [0, 0.1) is 5.92 Å². The highest BCUT2D eigenvalue weighted by Crippen LogP contribution is 2.31. The Morgan fingerprint density at radius 1 is 1.08 bits per heavy atom. The van der Waals surface area contributed by atoms with Gasteiger partial charge >= 0.3 is 5.97 Å². The van der Waals surface area contributed by atoms with Crippen LogP contribution in [0.5, 0.6) is 11.5 Å². The van der Waals surface area contributed by atoms with E-state index in [0.29, 0.717) is 22.3 Å². The van der Waals surface area contributed by atoms with Crippen molar-refractivity contribution < 1.29 is 18.7 Å². The van der Waals surface area contributed by atoms with Crippen LogP contribution in [-0.4, -0.2) is 13.1 Å². The molecule has 126 valence electrons. The van der Waals surface area contributed by atoms with Gasteiger partial charge in [0.15, 0.2) is 5.43 Å². The molecule has 4 rings (SSSR count). The van der Waals surface area contributed by atoms with E-state index >= 15 is 0 Å². The van der Waals surface area contributed by atoms with Gasteiger partial charge in [0.1, 0.15) is 23.3 Å². The van der Waals surface area contributed by atoms with Crippen molar-refractivity contribution in [3.05, 3.63) is 59.0 Å². The Bertz CT molecular complexity index is 997. The Morgan fingerprint density at radius 3 is 2.48 bits per heavy atom. The molecule has 1 aliphatic carbocycles. The molecule has 0 bridgehead atoms. The number of ether oxygens (including phenoxy) is 2. The Kier molecular flexibility index (Phi) is 3.76. The van der Waals surface area contributed by atoms with Crippen LogP contribution in [0.15, 0.2) is 57.9 Å². The van der Waals surface area contributed by atoms with Crippen LogP contribution >= 0.6 is 0 Å². The minimum Gasteiger partial charge on any atom is -0.497 e. The zero-order valence-corrected chi connectivity index (χ0v) is 13.7. The highest BCUT2D eigenvalue weighted by Gasteiger charge is 2.31. The van der Waals surface area contributed by atoms with E-state index in [1.165, 1.54) is 6.26 Å². The lowest BCUT2D eigenvalue weighted by atomic mass is 10.1. The van der Waals surface area contributed by atoms with Gasteiger partial charge in [-0.05, 0) is 42.7 Å². The van der Waals surface area contributed by atoms with Crippen molar-refractivity contribution in [1.82, 2.24) is 0 Å². The molecular formula is C20H16O5. The third-order valence-electron chi connectivity index (χ3n) is 4.28. The number of carbonyl (C=O) groups excluding carboxylic acids is 1. The van der Waals surface area contributed by atoms with Crippen LogP contribution in [-0.2, 0) is 4.79 Å². The van der Waals surface area contributed by atoms with Crippen LogP contribution in [0.3, 0.4) is 0 Å². The van der Waals surface area contributed by atoms with E-state index in [1.807, 2.05) is 12.1 Å². The number of carbonyl (C=O) groups is 1. The summed E-state index contributed by atoms with van der Waals surface area (Å²) in [6.07, 6.45) is 3.19. The molecule has 1 aliphatic rings. The number of rotatable bonds is 4. The molecule has 1 aromatic heterocycles. The van der Waals surface area contributed by atoms with Gasteiger partial charge in [0, 0.05) is 6.07 Å². The molecular weight excluding hydrogens is 320 g/mol. The molecule has 1 heterocycles. The molecule has 5 heteroatoms. The number of esters is 1. The Morgan fingerprint density at radius 2 is 1.80 bits per heavy atom. The first-order chi connectivity index (χ1) is 12.2. The fourth-order valence-electron chi connectivity index (χ4n) is 2.66. The van der Waals surface area contributed by atoms with Crippen LogP contribution in [0.25, 0.3) is 22.1 Å². The lowest BCUT2D eigenvalue weighted by Gasteiger charge is -2.06. The molecule has 25 heavy (non-hydrogen) atoms. The van der Waals surface area contributed by atoms with Gasteiger partial charge in [-0.2, -0.15) is 0 Å². The average Bonchev–Trinajstić information content (AvgIpc) is 3.47. The fraction of sp³-hybridized carbons (Fsp3) is 0.200. The van der Waals surface area contributed by atoms with Crippen molar-refractivity contribution in [2.45, 2.75) is 12.8 Å². The minimum absolute atomic E-state index is 0.0140. The first-order valence-electron chi connectivity index (χ1n) is 8.07. The zero-order chi connectivity index (χ0) is 17.4. The van der Waals surface area contributed by atoms with Crippen molar-refractivity contribution in [1.29, 1.82) is 0 Å². The predicted octanol–water partition coefficient (Wildman–Crippen LogP) is 3.78. The molecule has 0 unspecified atom stereocenters. The van der Waals surface area contributed by atoms with Gasteiger partial charge in [-0.25, -0.2) is 0 Å². The maximum Gasteiger partial charge on any atom is 0.314 e. The second-order valence-electron chi connectivity index (χ2n) is 6.06. The number of hydrogen-bond acceptors (Lipinski definition) is 5. The van der Waals surface area contributed by atoms with Crippen molar-refractivity contribution in [3.8, 4) is 22.6 Å². The normalized spacial score (nSPS) is 13.6. The van der Waals surface area contributed by atoms with Gasteiger partial charge in [0.2, 0.25) is 0 Å². The molecule has 0 radical (unpaired) electrons. The number of methoxy groups -OCH3 is 1. The first kappa shape index (κ1) is 15.4. The van der Waals surface area contributed by atoms with Crippen molar-refractivity contribution in [2.24, 2.45) is 5.92 Å². The monoisotopic (exact) mass is 336 g/mol. The van der Waals surface area contributed by atoms with Crippen molar-refractivity contribution in [2.75, 3.05) is 7.11 Å². The van der Waals surface area contributed by atoms with E-state index in [1.54, 1.807) is 37.4 Å². The summed E-state index contributed by atoms with van der Waals surface area (Å²) in [5.74, 6) is 0.900. The molecule has 1 fully saturated rings. The molecule has 5 nitrogen and oxygen atoms in total. The molecule has 3 aromatic rings. The number of benzene rings is 2. The first-order valence-corrected chi connectivity index (χ1v) is 8.07. The summed E-state index contributed by atoms with van der Waals surface area (Å²) in [6.45, 7) is 0. The summed E-state index contributed by atoms with van der Waals surface area (Å²) in [5, 5.41) is 0.444. The van der Waals surface area contributed by atoms with Crippen LogP contribution in [0.4, 0.5) is 0 Å². The molecule has 0 amide bonds. The quantitative estimate of drug-likeness (QED) is 0.536. The summed E-state index contributed by atoms with van der Waals surface area (Å²) in [7, 11) is 1.59. The SMILES string of the molecule is COc1ccc(-c2coc3cc(OC(=O)C4CC4)ccc3c2=O)cc1. The third-order valence-corrected chi connectivity index (χ3v) is 4.28. The van der Waals surface area contributed by atoms with Gasteiger partial charge in [0.05, 0.1) is 24.0 Å². The van der Waals surface area contributed by atoms with E-state index in [9.17, 15) is 9.59 Å². The van der Waals surface area contributed by atoms with E-state index < -0.39 is 0 Å². The van der Waals surface area contributed by atoms with Gasteiger partial charge in [0.25, 0.3) is 0 Å². The fourth-order valence-corrected chi connectivity index (χ4v) is 2.66. The highest BCUT2D eigenvalue weighted by molar-refractivity contribution is 5.84. The maximum absolute atomic E-state index is 12.7. The lowest BCUT2D eigenvalue weighted by molar-refractivity contribution is -0.135. The standard InChI is InChI=1S/C20H16O5/c1-23-14-6-4-12(5-7-14)17-11-24-18-10-15(8-9-16(18)19(17)21)25-20(22)13-2-3-13/h4-11,13H,2-3H2,1H3. The summed E-state index contributed by atoms with van der Waals surface area (Å²) in [6, 6.07) is 12.0. The average molecular weight is 336 g/mol. The van der Waals surface area contributed by atoms with E-state index in [4.69, 9.17) is 13.9 Å². The number of hydrogen-bond donors (Lipinski definition) is 0. The second kappa shape index (κ2) is 6.09. The lowest BCUT2D eigenvalue weighted by Crippen LogP contribution is -2.10. The molecule has 0 spiro atoms. The topological polar surface area (TPSA) is 65.7 Å². The van der Waals surface area contributed by atoms with Crippen molar-refractivity contribution >= 4 is 16.9 Å². The molecule has 0 atom stereocenters. The van der Waals surface area contributed by atoms with Crippen molar-refractivity contribution in [3.63, 3.8) is 0 Å². The molecule has 0 saturated heterocycles. The maximum atomic E-state index is 12.7. The van der Waals surface area contributed by atoms with Gasteiger partial charge in [-0.15, -0.1) is 0 Å².